The molecule has 132 valence electrons. The maximum atomic E-state index is 12.5. The molecule has 2 atom stereocenters. The number of urea groups is 1. The fourth-order valence-corrected chi connectivity index (χ4v) is 2.65. The van der Waals surface area contributed by atoms with Crippen molar-refractivity contribution in [2.45, 2.75) is 39.7 Å². The van der Waals surface area contributed by atoms with E-state index in [2.05, 4.69) is 5.32 Å². The zero-order valence-electron chi connectivity index (χ0n) is 15.0. The van der Waals surface area contributed by atoms with Crippen LogP contribution in [0.25, 0.3) is 0 Å². The molecular weight excluding hydrogens is 298 g/mol. The van der Waals surface area contributed by atoms with Gasteiger partial charge in [0.25, 0.3) is 0 Å². The zero-order chi connectivity index (χ0) is 17.8. The molecule has 23 heavy (non-hydrogen) atoms. The number of likely N-dealkylation sites (tertiary alicyclic amines) is 1. The first kappa shape index (κ1) is 19.3. The summed E-state index contributed by atoms with van der Waals surface area (Å²) in [5.74, 6) is -0.961. The van der Waals surface area contributed by atoms with Gasteiger partial charge in [0, 0.05) is 27.2 Å². The summed E-state index contributed by atoms with van der Waals surface area (Å²) < 4.78 is 4.79. The number of ether oxygens (including phenoxy) is 1. The lowest BCUT2D eigenvalue weighted by Gasteiger charge is -2.35. The van der Waals surface area contributed by atoms with Gasteiger partial charge in [-0.2, -0.15) is 0 Å². The van der Waals surface area contributed by atoms with Crippen LogP contribution in [-0.4, -0.2) is 68.0 Å². The van der Waals surface area contributed by atoms with Crippen LogP contribution < -0.4 is 5.32 Å². The third-order valence-corrected chi connectivity index (χ3v) is 4.03. The molecule has 3 amide bonds. The van der Waals surface area contributed by atoms with Crippen LogP contribution in [0.4, 0.5) is 4.79 Å². The van der Waals surface area contributed by atoms with E-state index >= 15 is 0 Å². The minimum Gasteiger partial charge on any atom is -0.467 e. The largest absolute Gasteiger partial charge is 0.467 e. The van der Waals surface area contributed by atoms with Gasteiger partial charge in [0.2, 0.25) is 5.91 Å². The van der Waals surface area contributed by atoms with Crippen LogP contribution in [0.2, 0.25) is 0 Å². The molecule has 1 aliphatic rings. The molecule has 1 fully saturated rings. The average molecular weight is 327 g/mol. The van der Waals surface area contributed by atoms with Crippen molar-refractivity contribution in [2.75, 3.05) is 34.3 Å². The second kappa shape index (κ2) is 7.66. The van der Waals surface area contributed by atoms with Crippen LogP contribution in [-0.2, 0) is 14.3 Å². The van der Waals surface area contributed by atoms with Crippen LogP contribution in [0.1, 0.15) is 33.6 Å². The van der Waals surface area contributed by atoms with Crippen molar-refractivity contribution in [3.8, 4) is 0 Å². The maximum absolute atomic E-state index is 12.5. The molecule has 1 aliphatic heterocycles. The molecule has 1 saturated heterocycles. The van der Waals surface area contributed by atoms with Crippen molar-refractivity contribution in [3.05, 3.63) is 0 Å². The Balaban J connectivity index is 2.76. The molecule has 1 N–H and O–H groups in total. The molecule has 1 rings (SSSR count). The van der Waals surface area contributed by atoms with E-state index < -0.39 is 17.4 Å². The van der Waals surface area contributed by atoms with Crippen LogP contribution in [0, 0.1) is 11.3 Å². The van der Waals surface area contributed by atoms with E-state index in [-0.39, 0.29) is 17.9 Å². The minimum absolute atomic E-state index is 0.0946. The van der Waals surface area contributed by atoms with E-state index in [0.717, 1.165) is 6.42 Å². The van der Waals surface area contributed by atoms with Crippen LogP contribution >= 0.6 is 0 Å². The SMILES string of the molecule is COC(=O)C(NC(=O)C1CCCN(C(=O)N(C)C)C1)C(C)(C)C. The first-order valence-electron chi connectivity index (χ1n) is 7.92. The van der Waals surface area contributed by atoms with Crippen LogP contribution in [0.5, 0.6) is 0 Å². The molecule has 0 saturated carbocycles. The Hall–Kier alpha value is -1.79. The molecule has 2 unspecified atom stereocenters. The predicted octanol–water partition coefficient (Wildman–Crippen LogP) is 1.08. The smallest absolute Gasteiger partial charge is 0.328 e. The number of nitrogens with one attached hydrogen (secondary N) is 1. The number of hydrogen-bond donors (Lipinski definition) is 1. The van der Waals surface area contributed by atoms with Gasteiger partial charge in [0.05, 0.1) is 13.0 Å². The lowest BCUT2D eigenvalue weighted by atomic mass is 9.86. The average Bonchev–Trinajstić information content (AvgIpc) is 2.49. The molecular formula is C16H29N3O4. The number of amides is 3. The number of rotatable bonds is 3. The first-order valence-corrected chi connectivity index (χ1v) is 7.92. The number of piperidine rings is 1. The summed E-state index contributed by atoms with van der Waals surface area (Å²) in [4.78, 5) is 39.7. The number of hydrogen-bond acceptors (Lipinski definition) is 4. The van der Waals surface area contributed by atoms with Crippen molar-refractivity contribution in [3.63, 3.8) is 0 Å². The second-order valence-corrected chi connectivity index (χ2v) is 7.29. The lowest BCUT2D eigenvalue weighted by molar-refractivity contribution is -0.149. The minimum atomic E-state index is -0.708. The monoisotopic (exact) mass is 327 g/mol. The van der Waals surface area contributed by atoms with E-state index in [1.54, 1.807) is 19.0 Å². The van der Waals surface area contributed by atoms with E-state index in [0.29, 0.717) is 19.5 Å². The number of methoxy groups -OCH3 is 1. The Morgan fingerprint density at radius 2 is 1.87 bits per heavy atom. The van der Waals surface area contributed by atoms with Gasteiger partial charge >= 0.3 is 12.0 Å². The van der Waals surface area contributed by atoms with Crippen molar-refractivity contribution in [2.24, 2.45) is 11.3 Å². The highest BCUT2D eigenvalue weighted by atomic mass is 16.5. The molecule has 1 heterocycles. The Kier molecular flexibility index (Phi) is 6.41. The normalized spacial score (nSPS) is 19.7. The van der Waals surface area contributed by atoms with Gasteiger partial charge in [0.1, 0.15) is 6.04 Å². The Labute approximate surface area is 138 Å². The highest BCUT2D eigenvalue weighted by Crippen LogP contribution is 2.23. The summed E-state index contributed by atoms with van der Waals surface area (Å²) in [7, 11) is 4.70. The number of nitrogens with zero attached hydrogens (tertiary/aromatic N) is 2. The van der Waals surface area contributed by atoms with Gasteiger partial charge in [-0.05, 0) is 18.3 Å². The molecule has 0 bridgehead atoms. The van der Waals surface area contributed by atoms with Crippen molar-refractivity contribution >= 4 is 17.9 Å². The number of carbonyl (C=O) groups excluding carboxylic acids is 3. The highest BCUT2D eigenvalue weighted by Gasteiger charge is 2.36. The lowest BCUT2D eigenvalue weighted by Crippen LogP contribution is -2.54. The summed E-state index contributed by atoms with van der Waals surface area (Å²) in [6.45, 7) is 6.65. The Morgan fingerprint density at radius 1 is 1.26 bits per heavy atom. The van der Waals surface area contributed by atoms with Crippen molar-refractivity contribution < 1.29 is 19.1 Å². The van der Waals surface area contributed by atoms with Crippen molar-refractivity contribution in [1.29, 1.82) is 0 Å². The van der Waals surface area contributed by atoms with Gasteiger partial charge in [-0.1, -0.05) is 20.8 Å². The molecule has 0 aromatic heterocycles. The van der Waals surface area contributed by atoms with Crippen LogP contribution in [0.15, 0.2) is 0 Å². The Morgan fingerprint density at radius 3 is 2.35 bits per heavy atom. The van der Waals surface area contributed by atoms with Gasteiger partial charge in [-0.25, -0.2) is 9.59 Å². The summed E-state index contributed by atoms with van der Waals surface area (Å²) in [6, 6.07) is -0.803. The van der Waals surface area contributed by atoms with Gasteiger partial charge in [-0.3, -0.25) is 4.79 Å². The van der Waals surface area contributed by atoms with Gasteiger partial charge < -0.3 is 19.9 Å². The summed E-state index contributed by atoms with van der Waals surface area (Å²) >= 11 is 0. The summed E-state index contributed by atoms with van der Waals surface area (Å²) in [5, 5.41) is 2.80. The predicted molar refractivity (Wildman–Crippen MR) is 86.8 cm³/mol. The number of esters is 1. The van der Waals surface area contributed by atoms with Gasteiger partial charge in [-0.15, -0.1) is 0 Å². The van der Waals surface area contributed by atoms with Gasteiger partial charge in [0.15, 0.2) is 0 Å². The Bertz CT molecular complexity index is 457. The topological polar surface area (TPSA) is 79.0 Å². The molecule has 0 aliphatic carbocycles. The molecule has 0 spiro atoms. The fraction of sp³-hybridized carbons (Fsp3) is 0.812. The first-order chi connectivity index (χ1) is 10.6. The van der Waals surface area contributed by atoms with E-state index in [1.165, 1.54) is 12.0 Å². The summed E-state index contributed by atoms with van der Waals surface area (Å²) in [5.41, 5.74) is -0.448. The zero-order valence-corrected chi connectivity index (χ0v) is 15.0. The quantitative estimate of drug-likeness (QED) is 0.787. The maximum Gasteiger partial charge on any atom is 0.328 e. The van der Waals surface area contributed by atoms with E-state index in [4.69, 9.17) is 4.74 Å². The van der Waals surface area contributed by atoms with E-state index in [9.17, 15) is 14.4 Å². The standard InChI is InChI=1S/C16H29N3O4/c1-16(2,3)12(14(21)23-6)17-13(20)11-8-7-9-19(10-11)15(22)18(4)5/h11-12H,7-10H2,1-6H3,(H,17,20). The molecule has 0 radical (unpaired) electrons. The third-order valence-electron chi connectivity index (χ3n) is 4.03. The number of carbonyl (C=O) groups is 3. The highest BCUT2D eigenvalue weighted by molar-refractivity contribution is 5.87. The molecule has 7 heteroatoms. The molecule has 0 aromatic rings. The molecule has 0 aromatic carbocycles. The third kappa shape index (κ3) is 5.11. The molecule has 7 nitrogen and oxygen atoms in total. The van der Waals surface area contributed by atoms with E-state index in [1.807, 2.05) is 20.8 Å². The fourth-order valence-electron chi connectivity index (χ4n) is 2.65. The second-order valence-electron chi connectivity index (χ2n) is 7.29. The van der Waals surface area contributed by atoms with Crippen LogP contribution in [0.3, 0.4) is 0 Å². The summed E-state index contributed by atoms with van der Waals surface area (Å²) in [6.07, 6.45) is 1.48. The van der Waals surface area contributed by atoms with Crippen molar-refractivity contribution in [1.82, 2.24) is 15.1 Å².